The number of ether oxygens (including phenoxy) is 1. The Morgan fingerprint density at radius 2 is 1.96 bits per heavy atom. The average molecular weight is 394 g/mol. The number of fused-ring (bicyclic) bond motifs is 1. The quantitative estimate of drug-likeness (QED) is 0.798. The average Bonchev–Trinajstić information content (AvgIpc) is 2.78. The van der Waals surface area contributed by atoms with E-state index in [-0.39, 0.29) is 23.9 Å². The van der Waals surface area contributed by atoms with Crippen molar-refractivity contribution in [2.24, 2.45) is 0 Å². The van der Waals surface area contributed by atoms with Crippen LogP contribution in [0, 0.1) is 0 Å². The zero-order valence-corrected chi connectivity index (χ0v) is 14.1. The van der Waals surface area contributed by atoms with Crippen molar-refractivity contribution in [2.45, 2.75) is 18.5 Å². The second-order valence-corrected chi connectivity index (χ2v) is 7.57. The van der Waals surface area contributed by atoms with Gasteiger partial charge in [0.25, 0.3) is 0 Å². The van der Waals surface area contributed by atoms with E-state index in [9.17, 15) is 21.6 Å². The van der Waals surface area contributed by atoms with E-state index in [0.29, 0.717) is 16.3 Å². The predicted octanol–water partition coefficient (Wildman–Crippen LogP) is 2.92. The van der Waals surface area contributed by atoms with Crippen LogP contribution in [0.1, 0.15) is 11.3 Å². The Hall–Kier alpha value is -2.07. The first-order valence-electron chi connectivity index (χ1n) is 6.96. The van der Waals surface area contributed by atoms with Gasteiger partial charge in [-0.2, -0.15) is 13.2 Å². The summed E-state index contributed by atoms with van der Waals surface area (Å²) in [5.74, 6) is -0.517. The van der Waals surface area contributed by atoms with Crippen LogP contribution in [-0.2, 0) is 22.3 Å². The molecule has 2 aromatic rings. The highest BCUT2D eigenvalue weighted by atomic mass is 35.5. The number of anilines is 1. The van der Waals surface area contributed by atoms with E-state index >= 15 is 0 Å². The number of alkyl halides is 3. The lowest BCUT2D eigenvalue weighted by atomic mass is 10.2. The third-order valence-electron chi connectivity index (χ3n) is 3.41. The third kappa shape index (κ3) is 3.96. The molecular weight excluding hydrogens is 383 g/mol. The van der Waals surface area contributed by atoms with Gasteiger partial charge in [-0.05, 0) is 18.2 Å². The molecule has 0 unspecified atom stereocenters. The van der Waals surface area contributed by atoms with E-state index in [4.69, 9.17) is 11.6 Å². The van der Waals surface area contributed by atoms with E-state index in [0.717, 1.165) is 4.31 Å². The van der Waals surface area contributed by atoms with Gasteiger partial charge >= 0.3 is 6.18 Å². The number of aromatic nitrogens is 2. The lowest BCUT2D eigenvalue weighted by Crippen LogP contribution is -2.26. The number of benzene rings is 1. The fourth-order valence-corrected chi connectivity index (χ4v) is 4.27. The van der Waals surface area contributed by atoms with Gasteiger partial charge in [-0.15, -0.1) is 10.2 Å². The Labute approximate surface area is 146 Å². The summed E-state index contributed by atoms with van der Waals surface area (Å²) in [6, 6.07) is 7.42. The van der Waals surface area contributed by atoms with Gasteiger partial charge in [0.1, 0.15) is 0 Å². The molecule has 0 fully saturated rings. The third-order valence-corrected chi connectivity index (χ3v) is 5.41. The van der Waals surface area contributed by atoms with Crippen LogP contribution in [0.2, 0.25) is 5.02 Å². The van der Waals surface area contributed by atoms with Crippen molar-refractivity contribution in [1.82, 2.24) is 10.2 Å². The highest BCUT2D eigenvalue weighted by molar-refractivity contribution is 7.92. The van der Waals surface area contributed by atoms with E-state index in [1.54, 1.807) is 18.2 Å². The van der Waals surface area contributed by atoms with Crippen molar-refractivity contribution in [3.63, 3.8) is 0 Å². The first-order chi connectivity index (χ1) is 11.7. The minimum atomic E-state index is -4.48. The lowest BCUT2D eigenvalue weighted by molar-refractivity contribution is -0.154. The summed E-state index contributed by atoms with van der Waals surface area (Å²) < 4.78 is 66.5. The van der Waals surface area contributed by atoms with Crippen LogP contribution in [0.25, 0.3) is 0 Å². The van der Waals surface area contributed by atoms with Crippen LogP contribution in [0.3, 0.4) is 0 Å². The van der Waals surface area contributed by atoms with Gasteiger partial charge in [0.2, 0.25) is 15.9 Å². The van der Waals surface area contributed by atoms with Crippen molar-refractivity contribution in [3.05, 3.63) is 46.6 Å². The molecule has 11 heteroatoms. The second kappa shape index (κ2) is 6.34. The van der Waals surface area contributed by atoms with Crippen molar-refractivity contribution < 1.29 is 26.3 Å². The number of hydrogen-bond acceptors (Lipinski definition) is 5. The molecular formula is C14H11ClF3N3O3S. The molecule has 0 N–H and O–H groups in total. The van der Waals surface area contributed by atoms with Crippen molar-refractivity contribution in [3.8, 4) is 5.88 Å². The Kier molecular flexibility index (Phi) is 4.50. The molecule has 1 aromatic heterocycles. The van der Waals surface area contributed by atoms with E-state index in [2.05, 4.69) is 14.9 Å². The normalized spacial score (nSPS) is 15.9. The van der Waals surface area contributed by atoms with Crippen molar-refractivity contribution >= 4 is 27.3 Å². The largest absolute Gasteiger partial charge is 0.467 e. The van der Waals surface area contributed by atoms with Crippen molar-refractivity contribution in [1.29, 1.82) is 0 Å². The van der Waals surface area contributed by atoms with Crippen LogP contribution >= 0.6 is 11.6 Å². The molecule has 6 nitrogen and oxygen atoms in total. The zero-order valence-electron chi connectivity index (χ0n) is 12.5. The molecule has 0 radical (unpaired) electrons. The van der Waals surface area contributed by atoms with Crippen LogP contribution in [0.5, 0.6) is 5.88 Å². The summed E-state index contributed by atoms with van der Waals surface area (Å²) in [7, 11) is -3.61. The first kappa shape index (κ1) is 17.7. The summed E-state index contributed by atoms with van der Waals surface area (Å²) in [5, 5.41) is 7.60. The molecule has 0 saturated heterocycles. The van der Waals surface area contributed by atoms with Gasteiger partial charge in [-0.1, -0.05) is 17.7 Å². The van der Waals surface area contributed by atoms with Crippen LogP contribution < -0.4 is 9.04 Å². The van der Waals surface area contributed by atoms with Gasteiger partial charge in [-0.25, -0.2) is 8.42 Å². The lowest BCUT2D eigenvalue weighted by Gasteiger charge is -2.17. The van der Waals surface area contributed by atoms with E-state index in [1.807, 2.05) is 0 Å². The molecule has 0 spiro atoms. The Morgan fingerprint density at radius 3 is 2.60 bits per heavy atom. The minimum absolute atomic E-state index is 0.109. The fourth-order valence-electron chi connectivity index (χ4n) is 2.33. The van der Waals surface area contributed by atoms with Crippen LogP contribution in [-0.4, -0.2) is 31.4 Å². The number of nitrogens with zero attached hydrogens (tertiary/aromatic N) is 3. The minimum Gasteiger partial charge on any atom is -0.467 e. The Morgan fingerprint density at radius 1 is 1.20 bits per heavy atom. The molecule has 0 bridgehead atoms. The molecule has 1 aromatic carbocycles. The summed E-state index contributed by atoms with van der Waals surface area (Å²) in [6.45, 7) is -1.59. The maximum Gasteiger partial charge on any atom is 0.422 e. The summed E-state index contributed by atoms with van der Waals surface area (Å²) in [4.78, 5) is 0. The van der Waals surface area contributed by atoms with Gasteiger partial charge in [0.15, 0.2) is 6.61 Å². The highest BCUT2D eigenvalue weighted by Crippen LogP contribution is 2.38. The molecule has 1 aliphatic rings. The van der Waals surface area contributed by atoms with Crippen LogP contribution in [0.15, 0.2) is 30.3 Å². The number of halogens is 4. The molecule has 0 atom stereocenters. The summed E-state index contributed by atoms with van der Waals surface area (Å²) >= 11 is 6.03. The second-order valence-electron chi connectivity index (χ2n) is 5.27. The fraction of sp³-hybridized carbons (Fsp3) is 0.286. The van der Waals surface area contributed by atoms with E-state index < -0.39 is 22.8 Å². The number of sulfonamides is 1. The molecule has 1 aliphatic heterocycles. The topological polar surface area (TPSA) is 72.4 Å². The first-order valence-corrected chi connectivity index (χ1v) is 8.94. The molecule has 25 heavy (non-hydrogen) atoms. The SMILES string of the molecule is O=S1(=O)Cc2c(Cl)cccc2N1Cc1ccc(OCC(F)(F)F)nn1. The molecule has 0 aliphatic carbocycles. The zero-order chi connectivity index (χ0) is 18.2. The van der Waals surface area contributed by atoms with Crippen LogP contribution in [0.4, 0.5) is 18.9 Å². The predicted molar refractivity (Wildman–Crippen MR) is 83.8 cm³/mol. The standard InChI is InChI=1S/C14H11ClF3N3O3S/c15-11-2-1-3-12-10(11)7-25(22,23)21(12)6-9-4-5-13(20-19-9)24-8-14(16,17)18/h1-5H,6-8H2. The smallest absolute Gasteiger partial charge is 0.422 e. The van der Waals surface area contributed by atoms with Gasteiger partial charge < -0.3 is 4.74 Å². The van der Waals surface area contributed by atoms with Crippen molar-refractivity contribution in [2.75, 3.05) is 10.9 Å². The maximum atomic E-state index is 12.3. The van der Waals surface area contributed by atoms with Gasteiger partial charge in [-0.3, -0.25) is 4.31 Å². The number of rotatable bonds is 4. The molecule has 3 rings (SSSR count). The molecule has 0 amide bonds. The maximum absolute atomic E-state index is 12.3. The molecule has 2 heterocycles. The Balaban J connectivity index is 1.78. The molecule has 0 saturated carbocycles. The monoisotopic (exact) mass is 393 g/mol. The summed E-state index contributed by atoms with van der Waals surface area (Å²) in [5.41, 5.74) is 1.21. The highest BCUT2D eigenvalue weighted by Gasteiger charge is 2.35. The number of hydrogen-bond donors (Lipinski definition) is 0. The Bertz CT molecular complexity index is 888. The van der Waals surface area contributed by atoms with E-state index in [1.165, 1.54) is 12.1 Å². The molecule has 134 valence electrons. The summed E-state index contributed by atoms with van der Waals surface area (Å²) in [6.07, 6.45) is -4.48. The van der Waals surface area contributed by atoms with Gasteiger partial charge in [0, 0.05) is 16.7 Å². The van der Waals surface area contributed by atoms with Gasteiger partial charge in [0.05, 0.1) is 23.7 Å².